The predicted octanol–water partition coefficient (Wildman–Crippen LogP) is 1.08. The molecule has 0 aromatic carbocycles. The van der Waals surface area contributed by atoms with Gasteiger partial charge >= 0.3 is 0 Å². The van der Waals surface area contributed by atoms with Gasteiger partial charge in [-0.3, -0.25) is 0 Å². The van der Waals surface area contributed by atoms with Gasteiger partial charge in [0.05, 0.1) is 6.61 Å². The highest BCUT2D eigenvalue weighted by Gasteiger charge is 2.28. The smallest absolute Gasteiger partial charge is 0.0593 e. The van der Waals surface area contributed by atoms with E-state index in [0.717, 1.165) is 26.3 Å². The fourth-order valence-electron chi connectivity index (χ4n) is 1.86. The molecule has 0 radical (unpaired) electrons. The lowest BCUT2D eigenvalue weighted by Gasteiger charge is -2.38. The van der Waals surface area contributed by atoms with E-state index in [9.17, 15) is 0 Å². The molecule has 0 saturated carbocycles. The van der Waals surface area contributed by atoms with Crippen molar-refractivity contribution in [1.82, 2.24) is 4.90 Å². The molecule has 2 N–H and O–H groups in total. The molecule has 3 nitrogen and oxygen atoms in total. The molecule has 1 saturated heterocycles. The summed E-state index contributed by atoms with van der Waals surface area (Å²) in [5.74, 6) is 0. The topological polar surface area (TPSA) is 38.5 Å². The van der Waals surface area contributed by atoms with Crippen molar-refractivity contribution in [2.75, 3.05) is 39.4 Å². The largest absolute Gasteiger partial charge is 0.380 e. The highest BCUT2D eigenvalue weighted by atomic mass is 16.5. The molecule has 0 aliphatic carbocycles. The van der Waals surface area contributed by atoms with Gasteiger partial charge in [-0.05, 0) is 44.8 Å². The van der Waals surface area contributed by atoms with E-state index >= 15 is 0 Å². The van der Waals surface area contributed by atoms with Gasteiger partial charge in [0.2, 0.25) is 0 Å². The van der Waals surface area contributed by atoms with Crippen LogP contribution in [0.4, 0.5) is 0 Å². The molecular formula is C11H24N2O. The number of nitrogens with zero attached hydrogens (tertiary/aromatic N) is 1. The van der Waals surface area contributed by atoms with Crippen LogP contribution >= 0.6 is 0 Å². The van der Waals surface area contributed by atoms with Gasteiger partial charge in [0.15, 0.2) is 0 Å². The Morgan fingerprint density at radius 1 is 1.36 bits per heavy atom. The van der Waals surface area contributed by atoms with Crippen LogP contribution in [0.25, 0.3) is 0 Å². The molecule has 0 amide bonds. The summed E-state index contributed by atoms with van der Waals surface area (Å²) in [7, 11) is 0. The molecule has 0 spiro atoms. The van der Waals surface area contributed by atoms with Gasteiger partial charge in [-0.25, -0.2) is 0 Å². The normalized spacial score (nSPS) is 22.5. The van der Waals surface area contributed by atoms with Gasteiger partial charge < -0.3 is 15.4 Å². The third-order valence-electron chi connectivity index (χ3n) is 3.31. The molecular weight excluding hydrogens is 176 g/mol. The maximum atomic E-state index is 5.76. The zero-order valence-corrected chi connectivity index (χ0v) is 9.59. The summed E-state index contributed by atoms with van der Waals surface area (Å²) < 4.78 is 5.35. The van der Waals surface area contributed by atoms with Crippen molar-refractivity contribution in [2.24, 2.45) is 11.1 Å². The first-order valence-corrected chi connectivity index (χ1v) is 5.70. The standard InChI is InChI=1S/C11H24N2O/c1-3-14-9-8-13-6-4-11(2,10-12)5-7-13/h3-10,12H2,1-2H3. The Labute approximate surface area is 87.6 Å². The quantitative estimate of drug-likeness (QED) is 0.675. The second-order valence-corrected chi connectivity index (χ2v) is 4.55. The molecule has 0 unspecified atom stereocenters. The number of hydrogen-bond acceptors (Lipinski definition) is 3. The Hall–Kier alpha value is -0.120. The van der Waals surface area contributed by atoms with Gasteiger partial charge in [-0.1, -0.05) is 6.92 Å². The second kappa shape index (κ2) is 5.69. The lowest BCUT2D eigenvalue weighted by Crippen LogP contribution is -2.43. The van der Waals surface area contributed by atoms with Gasteiger partial charge in [-0.15, -0.1) is 0 Å². The molecule has 0 aromatic rings. The van der Waals surface area contributed by atoms with Crippen molar-refractivity contribution in [2.45, 2.75) is 26.7 Å². The van der Waals surface area contributed by atoms with Crippen LogP contribution in [0.1, 0.15) is 26.7 Å². The second-order valence-electron chi connectivity index (χ2n) is 4.55. The molecule has 1 rings (SSSR count). The molecule has 0 atom stereocenters. The molecule has 1 heterocycles. The maximum absolute atomic E-state index is 5.76. The molecule has 1 aliphatic rings. The minimum atomic E-state index is 0.391. The van der Waals surface area contributed by atoms with Gasteiger partial charge in [0, 0.05) is 13.2 Å². The predicted molar refractivity (Wildman–Crippen MR) is 59.3 cm³/mol. The van der Waals surface area contributed by atoms with Crippen LogP contribution in [0.3, 0.4) is 0 Å². The fourth-order valence-corrected chi connectivity index (χ4v) is 1.86. The van der Waals surface area contributed by atoms with Crippen LogP contribution in [0.15, 0.2) is 0 Å². The summed E-state index contributed by atoms with van der Waals surface area (Å²) >= 11 is 0. The average molecular weight is 200 g/mol. The highest BCUT2D eigenvalue weighted by Crippen LogP contribution is 2.28. The number of hydrogen-bond donors (Lipinski definition) is 1. The third kappa shape index (κ3) is 3.56. The van der Waals surface area contributed by atoms with E-state index in [1.54, 1.807) is 0 Å². The molecule has 14 heavy (non-hydrogen) atoms. The molecule has 3 heteroatoms. The van der Waals surface area contributed by atoms with E-state index in [1.165, 1.54) is 25.9 Å². The number of ether oxygens (including phenoxy) is 1. The van der Waals surface area contributed by atoms with Crippen LogP contribution in [0, 0.1) is 5.41 Å². The molecule has 0 bridgehead atoms. The lowest BCUT2D eigenvalue weighted by molar-refractivity contribution is 0.0760. The van der Waals surface area contributed by atoms with Crippen molar-refractivity contribution in [3.05, 3.63) is 0 Å². The monoisotopic (exact) mass is 200 g/mol. The van der Waals surface area contributed by atoms with E-state index < -0.39 is 0 Å². The summed E-state index contributed by atoms with van der Waals surface area (Å²) in [5.41, 5.74) is 6.15. The Morgan fingerprint density at radius 3 is 2.50 bits per heavy atom. The maximum Gasteiger partial charge on any atom is 0.0593 e. The van der Waals surface area contributed by atoms with Crippen molar-refractivity contribution in [1.29, 1.82) is 0 Å². The zero-order chi connectivity index (χ0) is 10.4. The lowest BCUT2D eigenvalue weighted by atomic mass is 9.80. The molecule has 0 aromatic heterocycles. The number of rotatable bonds is 5. The summed E-state index contributed by atoms with van der Waals surface area (Å²) in [6.07, 6.45) is 2.46. The third-order valence-corrected chi connectivity index (χ3v) is 3.31. The summed E-state index contributed by atoms with van der Waals surface area (Å²) in [6, 6.07) is 0. The van der Waals surface area contributed by atoms with Crippen LogP contribution in [0.2, 0.25) is 0 Å². The van der Waals surface area contributed by atoms with Crippen molar-refractivity contribution in [3.8, 4) is 0 Å². The van der Waals surface area contributed by atoms with Crippen molar-refractivity contribution >= 4 is 0 Å². The number of likely N-dealkylation sites (tertiary alicyclic amines) is 1. The summed E-state index contributed by atoms with van der Waals surface area (Å²) in [5, 5.41) is 0. The van der Waals surface area contributed by atoms with Crippen LogP contribution < -0.4 is 5.73 Å². The molecule has 1 fully saturated rings. The average Bonchev–Trinajstić information content (AvgIpc) is 2.22. The Kier molecular flexibility index (Phi) is 4.85. The highest BCUT2D eigenvalue weighted by molar-refractivity contribution is 4.82. The van der Waals surface area contributed by atoms with Gasteiger partial charge in [0.25, 0.3) is 0 Å². The van der Waals surface area contributed by atoms with Crippen LogP contribution in [-0.2, 0) is 4.74 Å². The summed E-state index contributed by atoms with van der Waals surface area (Å²) in [4.78, 5) is 2.48. The minimum Gasteiger partial charge on any atom is -0.380 e. The van der Waals surface area contributed by atoms with E-state index in [0.29, 0.717) is 5.41 Å². The van der Waals surface area contributed by atoms with Crippen LogP contribution in [-0.4, -0.2) is 44.3 Å². The first kappa shape index (κ1) is 12.0. The van der Waals surface area contributed by atoms with Crippen molar-refractivity contribution in [3.63, 3.8) is 0 Å². The molecule has 1 aliphatic heterocycles. The summed E-state index contributed by atoms with van der Waals surface area (Å²) in [6.45, 7) is 10.3. The Morgan fingerprint density at radius 2 is 2.00 bits per heavy atom. The number of piperidine rings is 1. The SMILES string of the molecule is CCOCCN1CCC(C)(CN)CC1. The van der Waals surface area contributed by atoms with Crippen molar-refractivity contribution < 1.29 is 4.74 Å². The minimum absolute atomic E-state index is 0.391. The Balaban J connectivity index is 2.15. The first-order chi connectivity index (χ1) is 6.70. The van der Waals surface area contributed by atoms with Crippen LogP contribution in [0.5, 0.6) is 0 Å². The van der Waals surface area contributed by atoms with Gasteiger partial charge in [0.1, 0.15) is 0 Å². The first-order valence-electron chi connectivity index (χ1n) is 5.70. The van der Waals surface area contributed by atoms with E-state index in [1.807, 2.05) is 6.92 Å². The zero-order valence-electron chi connectivity index (χ0n) is 9.59. The number of nitrogens with two attached hydrogens (primary N) is 1. The van der Waals surface area contributed by atoms with E-state index in [-0.39, 0.29) is 0 Å². The molecule has 84 valence electrons. The van der Waals surface area contributed by atoms with E-state index in [4.69, 9.17) is 10.5 Å². The fraction of sp³-hybridized carbons (Fsp3) is 1.00. The van der Waals surface area contributed by atoms with E-state index in [2.05, 4.69) is 11.8 Å². The Bertz CT molecular complexity index is 153. The van der Waals surface area contributed by atoms with Gasteiger partial charge in [-0.2, -0.15) is 0 Å².